The lowest BCUT2D eigenvalue weighted by molar-refractivity contribution is -0.673. The fraction of sp³-hybridized carbons (Fsp3) is 0.440. The van der Waals surface area contributed by atoms with E-state index >= 15 is 0 Å². The summed E-state index contributed by atoms with van der Waals surface area (Å²) in [6, 6.07) is 12.3. The van der Waals surface area contributed by atoms with Gasteiger partial charge >= 0.3 is 0 Å². The number of fused-ring (bicyclic) bond motifs is 1. The van der Waals surface area contributed by atoms with E-state index in [0.29, 0.717) is 11.3 Å². The summed E-state index contributed by atoms with van der Waals surface area (Å²) in [4.78, 5) is 20.1. The van der Waals surface area contributed by atoms with Gasteiger partial charge in [0.15, 0.2) is 11.3 Å². The number of carbonyl (C=O) groups excluding carboxylic acids is 1. The van der Waals surface area contributed by atoms with E-state index in [1.54, 1.807) is 0 Å². The van der Waals surface area contributed by atoms with Crippen LogP contribution in [0.3, 0.4) is 0 Å². The fourth-order valence-electron chi connectivity index (χ4n) is 4.15. The Morgan fingerprint density at radius 2 is 1.87 bits per heavy atom. The zero-order valence-corrected chi connectivity index (χ0v) is 18.9. The first-order chi connectivity index (χ1) is 14.1. The van der Waals surface area contributed by atoms with E-state index in [-0.39, 0.29) is 16.9 Å². The van der Waals surface area contributed by atoms with Crippen LogP contribution in [0.5, 0.6) is 0 Å². The first kappa shape index (κ1) is 20.6. The molecule has 3 heterocycles. The fourth-order valence-corrected chi connectivity index (χ4v) is 4.15. The standard InChI is InChI=1S/C25H31N3O2/c1-16-7-9-17(10-8-16)19-13-18(24(2,3)4)22-20(27-19)14-21(30-22)23(29)28-12-11-26-15-25(28,5)6/h7-10,13-14,26H,11-12,15H2,1-6H3/p+1. The zero-order chi connectivity index (χ0) is 21.7. The van der Waals surface area contributed by atoms with E-state index in [4.69, 9.17) is 9.40 Å². The van der Waals surface area contributed by atoms with Gasteiger partial charge in [0.2, 0.25) is 0 Å². The van der Waals surface area contributed by atoms with Crippen molar-refractivity contribution >= 4 is 17.0 Å². The van der Waals surface area contributed by atoms with Crippen LogP contribution in [0.2, 0.25) is 0 Å². The van der Waals surface area contributed by atoms with Gasteiger partial charge in [0.1, 0.15) is 5.52 Å². The molecule has 0 aliphatic carbocycles. The van der Waals surface area contributed by atoms with E-state index in [9.17, 15) is 4.79 Å². The van der Waals surface area contributed by atoms with Crippen molar-refractivity contribution in [3.63, 3.8) is 0 Å². The minimum Gasteiger partial charge on any atom is -0.449 e. The van der Waals surface area contributed by atoms with Gasteiger partial charge in [-0.15, -0.1) is 0 Å². The van der Waals surface area contributed by atoms with Gasteiger partial charge in [-0.05, 0) is 32.3 Å². The van der Waals surface area contributed by atoms with Crippen LogP contribution in [0.25, 0.3) is 22.4 Å². The third kappa shape index (κ3) is 3.74. The predicted molar refractivity (Wildman–Crippen MR) is 120 cm³/mol. The number of quaternary nitrogens is 1. The molecule has 1 saturated heterocycles. The van der Waals surface area contributed by atoms with E-state index in [1.807, 2.05) is 11.0 Å². The van der Waals surface area contributed by atoms with Gasteiger partial charge < -0.3 is 14.6 Å². The van der Waals surface area contributed by atoms with Crippen LogP contribution in [0.1, 0.15) is 56.3 Å². The minimum absolute atomic E-state index is 0.0529. The Morgan fingerprint density at radius 1 is 1.17 bits per heavy atom. The number of hydrogen-bond acceptors (Lipinski definition) is 3. The topological polar surface area (TPSA) is 63.0 Å². The first-order valence-electron chi connectivity index (χ1n) is 10.7. The van der Waals surface area contributed by atoms with Crippen molar-refractivity contribution in [3.8, 4) is 11.3 Å². The summed E-state index contributed by atoms with van der Waals surface area (Å²) in [5, 5.41) is 2.26. The highest BCUT2D eigenvalue weighted by atomic mass is 16.3. The summed E-state index contributed by atoms with van der Waals surface area (Å²) in [6.45, 7) is 15.3. The molecule has 5 heteroatoms. The quantitative estimate of drug-likeness (QED) is 0.702. The second-order valence-electron chi connectivity index (χ2n) is 10.0. The highest BCUT2D eigenvalue weighted by Gasteiger charge is 2.37. The van der Waals surface area contributed by atoms with Crippen LogP contribution in [0, 0.1) is 6.92 Å². The summed E-state index contributed by atoms with van der Waals surface area (Å²) >= 11 is 0. The lowest BCUT2D eigenvalue weighted by atomic mass is 9.86. The summed E-state index contributed by atoms with van der Waals surface area (Å²) in [5.74, 6) is 0.321. The van der Waals surface area contributed by atoms with Crippen molar-refractivity contribution in [2.75, 3.05) is 19.6 Å². The Kier molecular flexibility index (Phi) is 4.97. The number of carbonyl (C=O) groups is 1. The average Bonchev–Trinajstić information content (AvgIpc) is 3.10. The Bertz CT molecular complexity index is 1090. The second kappa shape index (κ2) is 7.24. The number of rotatable bonds is 2. The summed E-state index contributed by atoms with van der Waals surface area (Å²) in [7, 11) is 0. The highest BCUT2D eigenvalue weighted by Crippen LogP contribution is 2.35. The molecule has 4 rings (SSSR count). The Hall–Kier alpha value is -2.66. The molecule has 0 atom stereocenters. The number of pyridine rings is 1. The van der Waals surface area contributed by atoms with Gasteiger partial charge in [-0.1, -0.05) is 50.6 Å². The van der Waals surface area contributed by atoms with E-state index in [0.717, 1.165) is 42.0 Å². The average molecular weight is 407 g/mol. The van der Waals surface area contributed by atoms with Crippen molar-refractivity contribution in [1.82, 2.24) is 9.88 Å². The van der Waals surface area contributed by atoms with Gasteiger partial charge in [0.25, 0.3) is 5.91 Å². The maximum absolute atomic E-state index is 13.3. The van der Waals surface area contributed by atoms with E-state index < -0.39 is 0 Å². The highest BCUT2D eigenvalue weighted by molar-refractivity contribution is 5.97. The number of aromatic nitrogens is 1. The normalized spacial score (nSPS) is 16.8. The Morgan fingerprint density at radius 3 is 2.50 bits per heavy atom. The number of nitrogens with two attached hydrogens (primary N) is 1. The SMILES string of the molecule is Cc1ccc(-c2cc(C(C)(C)C)c3oc(C(=O)N4CC[NH2+]CC4(C)C)cc3n2)cc1. The van der Waals surface area contributed by atoms with Crippen LogP contribution >= 0.6 is 0 Å². The van der Waals surface area contributed by atoms with Crippen LogP contribution < -0.4 is 5.32 Å². The summed E-state index contributed by atoms with van der Waals surface area (Å²) in [5.41, 5.74) is 5.35. The number of benzene rings is 1. The third-order valence-corrected chi connectivity index (χ3v) is 6.02. The van der Waals surface area contributed by atoms with E-state index in [2.05, 4.69) is 77.2 Å². The molecule has 0 radical (unpaired) electrons. The molecule has 0 spiro atoms. The number of furan rings is 1. The minimum atomic E-state index is -0.207. The number of piperazine rings is 1. The van der Waals surface area contributed by atoms with Gasteiger partial charge in [0, 0.05) is 17.2 Å². The molecule has 1 aliphatic heterocycles. The summed E-state index contributed by atoms with van der Waals surface area (Å²) in [6.07, 6.45) is 0. The van der Waals surface area contributed by atoms with Crippen LogP contribution in [0.15, 0.2) is 40.8 Å². The van der Waals surface area contributed by atoms with Crippen LogP contribution in [-0.2, 0) is 5.41 Å². The van der Waals surface area contributed by atoms with Crippen LogP contribution in [-0.4, -0.2) is 41.0 Å². The number of hydrogen-bond donors (Lipinski definition) is 1. The largest absolute Gasteiger partial charge is 0.449 e. The predicted octanol–water partition coefficient (Wildman–Crippen LogP) is 3.90. The molecular formula is C25H32N3O2+. The van der Waals surface area contributed by atoms with Crippen molar-refractivity contribution in [1.29, 1.82) is 0 Å². The molecule has 1 amide bonds. The third-order valence-electron chi connectivity index (χ3n) is 6.02. The van der Waals surface area contributed by atoms with Crippen LogP contribution in [0.4, 0.5) is 0 Å². The maximum Gasteiger partial charge on any atom is 0.290 e. The molecule has 2 N–H and O–H groups in total. The van der Waals surface area contributed by atoms with E-state index in [1.165, 1.54) is 5.56 Å². The van der Waals surface area contributed by atoms with Crippen molar-refractivity contribution in [2.24, 2.45) is 0 Å². The number of nitrogens with zero attached hydrogens (tertiary/aromatic N) is 2. The Balaban J connectivity index is 1.83. The van der Waals surface area contributed by atoms with Gasteiger partial charge in [-0.3, -0.25) is 4.79 Å². The number of aryl methyl sites for hydroxylation is 1. The molecule has 1 aliphatic rings. The smallest absolute Gasteiger partial charge is 0.290 e. The zero-order valence-electron chi connectivity index (χ0n) is 18.9. The molecular weight excluding hydrogens is 374 g/mol. The summed E-state index contributed by atoms with van der Waals surface area (Å²) < 4.78 is 6.18. The van der Waals surface area contributed by atoms with Gasteiger partial charge in [-0.25, -0.2) is 4.98 Å². The van der Waals surface area contributed by atoms with Crippen molar-refractivity contribution < 1.29 is 14.5 Å². The molecule has 1 fully saturated rings. The second-order valence-corrected chi connectivity index (χ2v) is 10.0. The lowest BCUT2D eigenvalue weighted by Crippen LogP contribution is -2.93. The number of amides is 1. The molecule has 0 bridgehead atoms. The molecule has 158 valence electrons. The van der Waals surface area contributed by atoms with Gasteiger partial charge in [0.05, 0.1) is 30.9 Å². The molecule has 1 aromatic carbocycles. The van der Waals surface area contributed by atoms with Crippen molar-refractivity contribution in [3.05, 3.63) is 53.3 Å². The Labute approximate surface area is 178 Å². The molecule has 2 aromatic heterocycles. The molecule has 0 saturated carbocycles. The molecule has 3 aromatic rings. The first-order valence-corrected chi connectivity index (χ1v) is 10.7. The molecule has 0 unspecified atom stereocenters. The van der Waals surface area contributed by atoms with Gasteiger partial charge in [-0.2, -0.15) is 0 Å². The maximum atomic E-state index is 13.3. The lowest BCUT2D eigenvalue weighted by Gasteiger charge is -2.39. The monoisotopic (exact) mass is 406 g/mol. The molecule has 30 heavy (non-hydrogen) atoms. The molecule has 5 nitrogen and oxygen atoms in total. The van der Waals surface area contributed by atoms with Crippen molar-refractivity contribution in [2.45, 2.75) is 52.5 Å².